The molecule has 172 valence electrons. The van der Waals surface area contributed by atoms with Crippen molar-refractivity contribution in [3.05, 3.63) is 0 Å². The Hall–Kier alpha value is -0.870. The van der Waals surface area contributed by atoms with Crippen molar-refractivity contribution in [1.29, 1.82) is 0 Å². The van der Waals surface area contributed by atoms with E-state index in [4.69, 9.17) is 0 Å². The lowest BCUT2D eigenvalue weighted by Crippen LogP contribution is -2.61. The van der Waals surface area contributed by atoms with Gasteiger partial charge in [0.25, 0.3) is 0 Å². The van der Waals surface area contributed by atoms with Crippen LogP contribution in [0.1, 0.15) is 0 Å². The van der Waals surface area contributed by atoms with Crippen LogP contribution < -0.4 is 0 Å². The number of halogens is 17. The average Bonchev–Trinajstić information content (AvgIpc) is 2.45. The van der Waals surface area contributed by atoms with E-state index < -0.39 is 61.6 Å². The Morgan fingerprint density at radius 2 is 0.714 bits per heavy atom. The minimum Gasteiger partial charge on any atom is -0.368 e. The van der Waals surface area contributed by atoms with Gasteiger partial charge in [0.15, 0.2) is 0 Å². The van der Waals surface area contributed by atoms with Crippen molar-refractivity contribution >= 4 is 12.4 Å². The standard InChI is InChI=1S/C10H6F16O.ClH/c11-3(12)7(19,20)9(23,24)5(15,16)1-27-2-6(17,18)10(25,26)8(21,22)4(13)14;/h3-4H,1-2H2;1H. The molecule has 0 amide bonds. The SMILES string of the molecule is Cl.FC(F)C(F)(F)C(F)(F)C(F)(F)COCC(F)(F)C(F)(F)C(F)(F)C(F)F. The maximum atomic E-state index is 12.9. The molecule has 0 aliphatic carbocycles. The van der Waals surface area contributed by atoms with Crippen molar-refractivity contribution in [1.82, 2.24) is 0 Å². The minimum atomic E-state index is -6.95. The normalized spacial score (nSPS) is 15.2. The molecule has 0 aromatic rings. The molecule has 0 rings (SSSR count). The molecular formula is C10H7ClF16O. The summed E-state index contributed by atoms with van der Waals surface area (Å²) in [5, 5.41) is 0. The second-order valence-corrected chi connectivity index (χ2v) is 4.90. The van der Waals surface area contributed by atoms with Gasteiger partial charge in [-0.1, -0.05) is 0 Å². The van der Waals surface area contributed by atoms with Crippen molar-refractivity contribution < 1.29 is 75.0 Å². The third-order valence-electron chi connectivity index (χ3n) is 2.87. The van der Waals surface area contributed by atoms with Crippen molar-refractivity contribution in [3.8, 4) is 0 Å². The van der Waals surface area contributed by atoms with Crippen molar-refractivity contribution in [3.63, 3.8) is 0 Å². The molecule has 18 heteroatoms. The smallest absolute Gasteiger partial charge is 0.368 e. The molecule has 0 saturated heterocycles. The predicted octanol–water partition coefficient (Wildman–Crippen LogP) is 5.77. The Balaban J connectivity index is 0. The maximum absolute atomic E-state index is 12.9. The summed E-state index contributed by atoms with van der Waals surface area (Å²) in [6.07, 6.45) is -10.8. The highest BCUT2D eigenvalue weighted by atomic mass is 35.5. The molecule has 1 nitrogen and oxygen atoms in total. The van der Waals surface area contributed by atoms with Crippen LogP contribution in [0.5, 0.6) is 0 Å². The Morgan fingerprint density at radius 1 is 0.500 bits per heavy atom. The van der Waals surface area contributed by atoms with Crippen molar-refractivity contribution in [2.24, 2.45) is 0 Å². The van der Waals surface area contributed by atoms with Gasteiger partial charge in [-0.05, 0) is 0 Å². The molecule has 0 aromatic heterocycles. The third kappa shape index (κ3) is 4.81. The molecule has 0 heterocycles. The van der Waals surface area contributed by atoms with Gasteiger partial charge in [0, 0.05) is 0 Å². The molecular weight excluding hydrogens is 476 g/mol. The van der Waals surface area contributed by atoms with Crippen LogP contribution in [0.4, 0.5) is 70.2 Å². The molecule has 0 unspecified atom stereocenters. The summed E-state index contributed by atoms with van der Waals surface area (Å²) in [6, 6.07) is 0. The van der Waals surface area contributed by atoms with E-state index in [-0.39, 0.29) is 12.4 Å². The lowest BCUT2D eigenvalue weighted by molar-refractivity contribution is -0.360. The van der Waals surface area contributed by atoms with Gasteiger partial charge < -0.3 is 4.74 Å². The summed E-state index contributed by atoms with van der Waals surface area (Å²) < 4.78 is 202. The van der Waals surface area contributed by atoms with Crippen LogP contribution in [-0.2, 0) is 4.74 Å². The molecule has 0 aliphatic rings. The number of rotatable bonds is 10. The van der Waals surface area contributed by atoms with Gasteiger partial charge in [-0.15, -0.1) is 12.4 Å². The molecule has 0 fully saturated rings. The first-order valence-electron chi connectivity index (χ1n) is 6.00. The van der Waals surface area contributed by atoms with Gasteiger partial charge in [-0.25, -0.2) is 17.6 Å². The fourth-order valence-electron chi connectivity index (χ4n) is 1.25. The van der Waals surface area contributed by atoms with E-state index in [0.717, 1.165) is 0 Å². The summed E-state index contributed by atoms with van der Waals surface area (Å²) in [7, 11) is 0. The molecule has 0 N–H and O–H groups in total. The topological polar surface area (TPSA) is 9.23 Å². The third-order valence-corrected chi connectivity index (χ3v) is 2.87. The molecule has 0 aliphatic heterocycles. The lowest BCUT2D eigenvalue weighted by Gasteiger charge is -2.34. The van der Waals surface area contributed by atoms with Crippen LogP contribution in [0.25, 0.3) is 0 Å². The number of ether oxygens (including phenoxy) is 1. The Kier molecular flexibility index (Phi) is 8.88. The Labute approximate surface area is 150 Å². The molecule has 0 bridgehead atoms. The molecule has 0 spiro atoms. The van der Waals surface area contributed by atoms with E-state index in [2.05, 4.69) is 4.74 Å². The lowest BCUT2D eigenvalue weighted by atomic mass is 10.0. The van der Waals surface area contributed by atoms with Gasteiger partial charge in [-0.2, -0.15) is 52.7 Å². The van der Waals surface area contributed by atoms with Gasteiger partial charge in [0.05, 0.1) is 0 Å². The largest absolute Gasteiger partial charge is 0.380 e. The molecule has 0 aromatic carbocycles. The van der Waals surface area contributed by atoms with Crippen LogP contribution in [0, 0.1) is 0 Å². The first-order chi connectivity index (χ1) is 11.6. The molecule has 0 radical (unpaired) electrons. The Morgan fingerprint density at radius 3 is 0.893 bits per heavy atom. The second-order valence-electron chi connectivity index (χ2n) is 4.90. The number of hydrogen-bond acceptors (Lipinski definition) is 1. The van der Waals surface area contributed by atoms with Crippen LogP contribution >= 0.6 is 12.4 Å². The number of alkyl halides is 16. The number of hydrogen-bond donors (Lipinski definition) is 0. The van der Waals surface area contributed by atoms with Crippen LogP contribution in [0.3, 0.4) is 0 Å². The van der Waals surface area contributed by atoms with E-state index in [1.54, 1.807) is 0 Å². The first kappa shape index (κ1) is 29.3. The highest BCUT2D eigenvalue weighted by Gasteiger charge is 2.77. The van der Waals surface area contributed by atoms with Crippen molar-refractivity contribution in [2.75, 3.05) is 13.2 Å². The van der Waals surface area contributed by atoms with E-state index in [0.29, 0.717) is 0 Å². The summed E-state index contributed by atoms with van der Waals surface area (Å²) >= 11 is 0. The van der Waals surface area contributed by atoms with Crippen LogP contribution in [0.15, 0.2) is 0 Å². The van der Waals surface area contributed by atoms with Gasteiger partial charge in [0.2, 0.25) is 0 Å². The summed E-state index contributed by atoms with van der Waals surface area (Å²) in [5.74, 6) is -40.1. The monoisotopic (exact) mass is 482 g/mol. The second kappa shape index (κ2) is 8.47. The predicted molar refractivity (Wildman–Crippen MR) is 59.8 cm³/mol. The zero-order valence-corrected chi connectivity index (χ0v) is 13.2. The maximum Gasteiger partial charge on any atom is 0.380 e. The molecule has 28 heavy (non-hydrogen) atoms. The van der Waals surface area contributed by atoms with Crippen molar-refractivity contribution in [2.45, 2.75) is 48.4 Å². The Bertz CT molecular complexity index is 460. The van der Waals surface area contributed by atoms with Gasteiger partial charge in [0.1, 0.15) is 13.2 Å². The average molecular weight is 483 g/mol. The zero-order valence-electron chi connectivity index (χ0n) is 12.4. The summed E-state index contributed by atoms with van der Waals surface area (Å²) in [5.41, 5.74) is 0. The van der Waals surface area contributed by atoms with Crippen LogP contribution in [0.2, 0.25) is 0 Å². The van der Waals surface area contributed by atoms with Gasteiger partial charge >= 0.3 is 48.4 Å². The zero-order chi connectivity index (χ0) is 22.3. The van der Waals surface area contributed by atoms with Gasteiger partial charge in [-0.3, -0.25) is 0 Å². The minimum absolute atomic E-state index is 0. The molecule has 0 atom stereocenters. The van der Waals surface area contributed by atoms with E-state index in [1.807, 2.05) is 0 Å². The molecule has 0 saturated carbocycles. The quantitative estimate of drug-likeness (QED) is 0.360. The highest BCUT2D eigenvalue weighted by Crippen LogP contribution is 2.50. The summed E-state index contributed by atoms with van der Waals surface area (Å²) in [4.78, 5) is 0. The van der Waals surface area contributed by atoms with E-state index in [1.165, 1.54) is 0 Å². The fraction of sp³-hybridized carbons (Fsp3) is 1.00. The van der Waals surface area contributed by atoms with E-state index >= 15 is 0 Å². The van der Waals surface area contributed by atoms with Crippen LogP contribution in [-0.4, -0.2) is 61.6 Å². The first-order valence-corrected chi connectivity index (χ1v) is 6.00. The van der Waals surface area contributed by atoms with E-state index in [9.17, 15) is 70.2 Å². The highest BCUT2D eigenvalue weighted by molar-refractivity contribution is 5.85. The summed E-state index contributed by atoms with van der Waals surface area (Å²) in [6.45, 7) is -6.68. The fourth-order valence-corrected chi connectivity index (χ4v) is 1.25.